The number of rotatable bonds is 5. The van der Waals surface area contributed by atoms with E-state index in [4.69, 9.17) is 16.4 Å². The molecular weight excluding hydrogens is 374 g/mol. The Morgan fingerprint density at radius 3 is 2.69 bits per heavy atom. The molecule has 10 heteroatoms. The van der Waals surface area contributed by atoms with Crippen LogP contribution in [0, 0.1) is 11.8 Å². The normalized spacial score (nSPS) is 17.8. The highest BCUT2D eigenvalue weighted by molar-refractivity contribution is 5.72. The van der Waals surface area contributed by atoms with Crippen molar-refractivity contribution < 1.29 is 9.53 Å². The van der Waals surface area contributed by atoms with Gasteiger partial charge in [-0.15, -0.1) is 5.11 Å². The van der Waals surface area contributed by atoms with E-state index in [-0.39, 0.29) is 18.7 Å². The van der Waals surface area contributed by atoms with Gasteiger partial charge in [-0.2, -0.15) is 4.91 Å². The molecule has 0 spiro atoms. The zero-order valence-corrected chi connectivity index (χ0v) is 17.6. The predicted octanol–water partition coefficient (Wildman–Crippen LogP) is 3.69. The molecular formula is C19H31N7O3. The van der Waals surface area contributed by atoms with E-state index in [2.05, 4.69) is 15.5 Å². The van der Waals surface area contributed by atoms with Crippen molar-refractivity contribution in [2.75, 3.05) is 18.1 Å². The molecule has 1 heterocycles. The second-order valence-corrected chi connectivity index (χ2v) is 8.27. The van der Waals surface area contributed by atoms with Gasteiger partial charge in [-0.05, 0) is 64.2 Å². The summed E-state index contributed by atoms with van der Waals surface area (Å²) in [5.74, 6) is 11.8. The molecule has 1 amide bonds. The van der Waals surface area contributed by atoms with Gasteiger partial charge in [0.25, 0.3) is 0 Å². The number of nitroso groups, excluding NO2 is 1. The number of nitrogens with two attached hydrogens (primary N) is 2. The van der Waals surface area contributed by atoms with Crippen LogP contribution in [0.4, 0.5) is 16.2 Å². The third-order valence-corrected chi connectivity index (χ3v) is 4.70. The molecule has 0 aliphatic carbocycles. The Morgan fingerprint density at radius 2 is 2.07 bits per heavy atom. The minimum absolute atomic E-state index is 0.0225. The van der Waals surface area contributed by atoms with Crippen LogP contribution in [-0.2, 0) is 11.3 Å². The third kappa shape index (κ3) is 6.11. The average molecular weight is 406 g/mol. The van der Waals surface area contributed by atoms with Crippen LogP contribution in [0.25, 0.3) is 0 Å². The first-order chi connectivity index (χ1) is 13.7. The molecule has 2 rings (SSSR count). The molecule has 0 saturated carbocycles. The van der Waals surface area contributed by atoms with E-state index in [1.807, 2.05) is 33.8 Å². The topological polar surface area (TPSA) is 139 Å². The Kier molecular flexibility index (Phi) is 7.49. The zero-order chi connectivity index (χ0) is 21.6. The summed E-state index contributed by atoms with van der Waals surface area (Å²) >= 11 is 0. The number of benzene rings is 1. The number of ether oxygens (including phenoxy) is 1. The molecule has 10 nitrogen and oxygen atoms in total. The van der Waals surface area contributed by atoms with Gasteiger partial charge in [-0.25, -0.2) is 10.6 Å². The number of hydrogen-bond donors (Lipinski definition) is 2. The van der Waals surface area contributed by atoms with Crippen molar-refractivity contribution in [1.82, 2.24) is 4.90 Å². The van der Waals surface area contributed by atoms with E-state index < -0.39 is 5.60 Å². The van der Waals surface area contributed by atoms with Crippen LogP contribution in [0.3, 0.4) is 0 Å². The molecule has 0 bridgehead atoms. The van der Waals surface area contributed by atoms with Crippen molar-refractivity contribution in [3.8, 4) is 0 Å². The maximum atomic E-state index is 12.6. The quantitative estimate of drug-likeness (QED) is 0.331. The molecule has 1 aromatic carbocycles. The smallest absolute Gasteiger partial charge is 0.410 e. The lowest BCUT2D eigenvalue weighted by atomic mass is 10.0. The molecule has 0 unspecified atom stereocenters. The summed E-state index contributed by atoms with van der Waals surface area (Å²) in [5.41, 5.74) is 2.08. The fourth-order valence-electron chi connectivity index (χ4n) is 3.50. The molecule has 1 aliphatic rings. The number of likely N-dealkylation sites (tertiary alicyclic amines) is 1. The Bertz CT molecular complexity index is 761. The summed E-state index contributed by atoms with van der Waals surface area (Å²) in [6.07, 6.45) is 2.27. The van der Waals surface area contributed by atoms with Gasteiger partial charge in [0.1, 0.15) is 17.8 Å². The Morgan fingerprint density at radius 1 is 1.34 bits per heavy atom. The average Bonchev–Trinajstić information content (AvgIpc) is 2.86. The van der Waals surface area contributed by atoms with Crippen LogP contribution >= 0.6 is 0 Å². The largest absolute Gasteiger partial charge is 0.444 e. The highest BCUT2D eigenvalue weighted by Crippen LogP contribution is 2.35. The van der Waals surface area contributed by atoms with E-state index in [0.29, 0.717) is 30.0 Å². The summed E-state index contributed by atoms with van der Waals surface area (Å²) in [6.45, 7) is 8.49. The van der Waals surface area contributed by atoms with Gasteiger partial charge in [0.15, 0.2) is 0 Å². The van der Waals surface area contributed by atoms with Crippen molar-refractivity contribution in [3.05, 3.63) is 28.2 Å². The standard InChI is InChI=1S/C19H31N7O3/c1-13-9-14(11-22-28)10-16(23-24-20)17(13)26(21)15-7-5-6-8-25(12-15)18(27)29-19(2,3)4/h9-10,15H,5-8,11-12,21H2,1-4H3,(H2,20,23)/t15-/m1/s1. The van der Waals surface area contributed by atoms with Gasteiger partial charge in [0.2, 0.25) is 0 Å². The molecule has 0 aromatic heterocycles. The van der Waals surface area contributed by atoms with Gasteiger partial charge in [0.05, 0.1) is 11.7 Å². The number of amides is 1. The molecule has 1 saturated heterocycles. The first-order valence-electron chi connectivity index (χ1n) is 9.71. The summed E-state index contributed by atoms with van der Waals surface area (Å²) in [6, 6.07) is 3.40. The SMILES string of the molecule is Cc1cc(CN=O)cc(N=NN)c1N(N)[C@@H]1CCCCN(C(=O)OC(C)(C)C)C1. The van der Waals surface area contributed by atoms with E-state index in [0.717, 1.165) is 24.8 Å². The summed E-state index contributed by atoms with van der Waals surface area (Å²) < 4.78 is 5.53. The van der Waals surface area contributed by atoms with Crippen LogP contribution in [0.1, 0.15) is 51.2 Å². The number of anilines is 1. The van der Waals surface area contributed by atoms with Crippen LogP contribution in [0.5, 0.6) is 0 Å². The van der Waals surface area contributed by atoms with Crippen LogP contribution < -0.4 is 16.7 Å². The first kappa shape index (κ1) is 22.5. The number of hydrazine groups is 1. The highest BCUT2D eigenvalue weighted by Gasteiger charge is 2.30. The number of carbonyl (C=O) groups excluding carboxylic acids is 1. The van der Waals surface area contributed by atoms with Crippen LogP contribution in [-0.4, -0.2) is 35.7 Å². The number of carbonyl (C=O) groups is 1. The second-order valence-electron chi connectivity index (χ2n) is 8.27. The van der Waals surface area contributed by atoms with Crippen molar-refractivity contribution in [2.45, 2.75) is 65.1 Å². The fraction of sp³-hybridized carbons (Fsp3) is 0.632. The van der Waals surface area contributed by atoms with Crippen molar-refractivity contribution in [2.24, 2.45) is 27.2 Å². The molecule has 1 aliphatic heterocycles. The van der Waals surface area contributed by atoms with Gasteiger partial charge in [-0.1, -0.05) is 16.5 Å². The van der Waals surface area contributed by atoms with E-state index in [1.54, 1.807) is 16.0 Å². The molecule has 1 atom stereocenters. The molecule has 1 aromatic rings. The van der Waals surface area contributed by atoms with Gasteiger partial charge < -0.3 is 20.5 Å². The molecule has 0 radical (unpaired) electrons. The van der Waals surface area contributed by atoms with Crippen molar-refractivity contribution in [3.63, 3.8) is 0 Å². The minimum atomic E-state index is -0.561. The fourth-order valence-corrected chi connectivity index (χ4v) is 3.50. The zero-order valence-electron chi connectivity index (χ0n) is 17.6. The lowest BCUT2D eigenvalue weighted by Gasteiger charge is -2.34. The number of hydrogen-bond acceptors (Lipinski definition) is 8. The first-order valence-corrected chi connectivity index (χ1v) is 9.71. The monoisotopic (exact) mass is 405 g/mol. The Labute approximate surface area is 171 Å². The van der Waals surface area contributed by atoms with Gasteiger partial charge in [0, 0.05) is 13.1 Å². The Balaban J connectivity index is 2.30. The van der Waals surface area contributed by atoms with Gasteiger partial charge in [-0.3, -0.25) is 0 Å². The Hall–Kier alpha value is -2.75. The number of nitrogens with zero attached hydrogens (tertiary/aromatic N) is 5. The van der Waals surface area contributed by atoms with Crippen LogP contribution in [0.15, 0.2) is 27.6 Å². The molecule has 1 fully saturated rings. The highest BCUT2D eigenvalue weighted by atomic mass is 16.6. The van der Waals surface area contributed by atoms with Crippen LogP contribution in [0.2, 0.25) is 0 Å². The lowest BCUT2D eigenvalue weighted by Crippen LogP contribution is -2.49. The summed E-state index contributed by atoms with van der Waals surface area (Å²) in [5, 5.41) is 11.9. The maximum absolute atomic E-state index is 12.6. The molecule has 160 valence electrons. The predicted molar refractivity (Wildman–Crippen MR) is 111 cm³/mol. The number of aryl methyl sites for hydroxylation is 1. The van der Waals surface area contributed by atoms with E-state index in [9.17, 15) is 9.70 Å². The van der Waals surface area contributed by atoms with Crippen molar-refractivity contribution in [1.29, 1.82) is 0 Å². The molecule has 29 heavy (non-hydrogen) atoms. The second kappa shape index (κ2) is 9.64. The van der Waals surface area contributed by atoms with E-state index in [1.165, 1.54) is 0 Å². The lowest BCUT2D eigenvalue weighted by molar-refractivity contribution is 0.0248. The third-order valence-electron chi connectivity index (χ3n) is 4.70. The summed E-state index contributed by atoms with van der Waals surface area (Å²) in [4.78, 5) is 24.9. The van der Waals surface area contributed by atoms with Gasteiger partial charge >= 0.3 is 6.09 Å². The maximum Gasteiger partial charge on any atom is 0.410 e. The molecule has 4 N–H and O–H groups in total. The minimum Gasteiger partial charge on any atom is -0.444 e. The van der Waals surface area contributed by atoms with E-state index >= 15 is 0 Å². The van der Waals surface area contributed by atoms with Crippen molar-refractivity contribution >= 4 is 17.5 Å². The summed E-state index contributed by atoms with van der Waals surface area (Å²) in [7, 11) is 0.